The number of carbonyl (C=O) groups is 2. The third kappa shape index (κ3) is 4.08. The van der Waals surface area contributed by atoms with E-state index in [-0.39, 0.29) is 28.0 Å². The molecule has 1 aliphatic heterocycles. The van der Waals surface area contributed by atoms with E-state index in [1.54, 1.807) is 36.4 Å². The highest BCUT2D eigenvalue weighted by Crippen LogP contribution is 2.42. The van der Waals surface area contributed by atoms with Gasteiger partial charge in [0.15, 0.2) is 0 Å². The minimum atomic E-state index is -0.850. The third-order valence-electron chi connectivity index (χ3n) is 5.92. The van der Waals surface area contributed by atoms with E-state index in [4.69, 9.17) is 0 Å². The normalized spacial score (nSPS) is 17.7. The lowest BCUT2D eigenvalue weighted by Gasteiger charge is -2.26. The van der Waals surface area contributed by atoms with Crippen molar-refractivity contribution >= 4 is 28.8 Å². The van der Waals surface area contributed by atoms with Gasteiger partial charge in [0.05, 0.1) is 16.5 Å². The van der Waals surface area contributed by atoms with Gasteiger partial charge in [0.1, 0.15) is 5.76 Å². The van der Waals surface area contributed by atoms with Crippen molar-refractivity contribution in [1.82, 2.24) is 0 Å². The quantitative estimate of drug-likeness (QED) is 0.183. The number of ketones is 1. The summed E-state index contributed by atoms with van der Waals surface area (Å²) in [7, 11) is 0. The maximum Gasteiger partial charge on any atom is 0.300 e. The maximum absolute atomic E-state index is 13.2. The van der Waals surface area contributed by atoms with Gasteiger partial charge in [0.2, 0.25) is 0 Å². The molecule has 1 N–H and O–H groups in total. The number of aliphatic hydroxyl groups excluding tert-OH is 1. The number of benzene rings is 3. The third-order valence-corrected chi connectivity index (χ3v) is 5.92. The highest BCUT2D eigenvalue weighted by molar-refractivity contribution is 6.51. The number of hydrogen-bond donors (Lipinski definition) is 1. The molecule has 0 bridgehead atoms. The number of carbonyl (C=O) groups excluding carboxylic acids is 2. The van der Waals surface area contributed by atoms with E-state index in [1.807, 2.05) is 18.2 Å². The zero-order valence-corrected chi connectivity index (χ0v) is 19.1. The zero-order chi connectivity index (χ0) is 24.6. The smallest absolute Gasteiger partial charge is 0.300 e. The highest BCUT2D eigenvalue weighted by atomic mass is 16.6. The van der Waals surface area contributed by atoms with Crippen LogP contribution >= 0.6 is 0 Å². The Morgan fingerprint density at radius 3 is 2.03 bits per heavy atom. The fourth-order valence-electron chi connectivity index (χ4n) is 4.07. The van der Waals surface area contributed by atoms with Crippen molar-refractivity contribution in [1.29, 1.82) is 0 Å². The zero-order valence-electron chi connectivity index (χ0n) is 19.1. The standard InChI is InChI=1S/C27H24N2O5/c1-27(2,3)19-11-15-20(16-12-19)28-23(17-7-5-4-6-8-17)22(25(31)26(28)32)24(30)18-9-13-21(14-10-18)29(33)34/h4-16,23,30H,1-3H3/b24-22-. The van der Waals surface area contributed by atoms with Gasteiger partial charge in [-0.25, -0.2) is 0 Å². The van der Waals surface area contributed by atoms with Crippen molar-refractivity contribution in [2.24, 2.45) is 0 Å². The van der Waals surface area contributed by atoms with Crippen LogP contribution in [0.15, 0.2) is 84.4 Å². The van der Waals surface area contributed by atoms with Crippen molar-refractivity contribution in [2.75, 3.05) is 4.90 Å². The molecule has 1 aliphatic rings. The summed E-state index contributed by atoms with van der Waals surface area (Å²) in [5.74, 6) is -1.94. The number of amides is 1. The van der Waals surface area contributed by atoms with Crippen LogP contribution in [0.4, 0.5) is 11.4 Å². The number of hydrogen-bond acceptors (Lipinski definition) is 5. The summed E-state index contributed by atoms with van der Waals surface area (Å²) >= 11 is 0. The van der Waals surface area contributed by atoms with Crippen LogP contribution in [0, 0.1) is 10.1 Å². The summed E-state index contributed by atoms with van der Waals surface area (Å²) in [6.45, 7) is 6.26. The van der Waals surface area contributed by atoms with Crippen LogP contribution in [0.3, 0.4) is 0 Å². The number of aliphatic hydroxyl groups is 1. The predicted molar refractivity (Wildman–Crippen MR) is 129 cm³/mol. The van der Waals surface area contributed by atoms with E-state index in [9.17, 15) is 24.8 Å². The Balaban J connectivity index is 1.87. The second kappa shape index (κ2) is 8.59. The van der Waals surface area contributed by atoms with Crippen LogP contribution in [0.5, 0.6) is 0 Å². The van der Waals surface area contributed by atoms with Crippen molar-refractivity contribution in [2.45, 2.75) is 32.2 Å². The van der Waals surface area contributed by atoms with E-state index in [2.05, 4.69) is 20.8 Å². The fraction of sp³-hybridized carbons (Fsp3) is 0.185. The summed E-state index contributed by atoms with van der Waals surface area (Å²) in [5.41, 5.74) is 2.20. The minimum absolute atomic E-state index is 0.0649. The van der Waals surface area contributed by atoms with E-state index in [0.717, 1.165) is 5.56 Å². The molecule has 3 aromatic rings. The van der Waals surface area contributed by atoms with Crippen LogP contribution in [0.1, 0.15) is 43.5 Å². The maximum atomic E-state index is 13.2. The SMILES string of the molecule is CC(C)(C)c1ccc(N2C(=O)C(=O)/C(=C(\O)c3ccc([N+](=O)[O-])cc3)C2c2ccccc2)cc1. The number of anilines is 1. The molecule has 1 atom stereocenters. The van der Waals surface area contributed by atoms with E-state index >= 15 is 0 Å². The lowest BCUT2D eigenvalue weighted by Crippen LogP contribution is -2.29. The molecule has 0 spiro atoms. The molecular formula is C27H24N2O5. The van der Waals surface area contributed by atoms with Gasteiger partial charge in [-0.3, -0.25) is 24.6 Å². The second-order valence-electron chi connectivity index (χ2n) is 9.18. The Morgan fingerprint density at radius 1 is 0.912 bits per heavy atom. The summed E-state index contributed by atoms with van der Waals surface area (Å²) < 4.78 is 0. The van der Waals surface area contributed by atoms with Crippen LogP contribution in [0.2, 0.25) is 0 Å². The Bertz CT molecular complexity index is 1290. The van der Waals surface area contributed by atoms with E-state index in [0.29, 0.717) is 11.3 Å². The molecule has 0 radical (unpaired) electrons. The average molecular weight is 456 g/mol. The number of nitrogens with zero attached hydrogens (tertiary/aromatic N) is 2. The molecule has 172 valence electrons. The Hall–Kier alpha value is -4.26. The van der Waals surface area contributed by atoms with Gasteiger partial charge in [-0.1, -0.05) is 63.2 Å². The molecule has 7 heteroatoms. The molecule has 0 aliphatic carbocycles. The number of nitro groups is 1. The summed E-state index contributed by atoms with van der Waals surface area (Å²) in [5, 5.41) is 22.1. The van der Waals surface area contributed by atoms with Crippen molar-refractivity contribution in [3.63, 3.8) is 0 Å². The van der Waals surface area contributed by atoms with Gasteiger partial charge in [0, 0.05) is 23.4 Å². The monoisotopic (exact) mass is 456 g/mol. The van der Waals surface area contributed by atoms with Gasteiger partial charge in [-0.15, -0.1) is 0 Å². The fourth-order valence-corrected chi connectivity index (χ4v) is 4.07. The van der Waals surface area contributed by atoms with Crippen LogP contribution in [-0.2, 0) is 15.0 Å². The number of Topliss-reactive ketones (excluding diaryl/α,β-unsaturated/α-hetero) is 1. The first-order valence-electron chi connectivity index (χ1n) is 10.8. The summed E-state index contributed by atoms with van der Waals surface area (Å²) in [4.78, 5) is 38.2. The van der Waals surface area contributed by atoms with Crippen molar-refractivity contribution < 1.29 is 19.6 Å². The Morgan fingerprint density at radius 2 is 1.50 bits per heavy atom. The average Bonchev–Trinajstić information content (AvgIpc) is 3.09. The number of non-ortho nitro benzene ring substituents is 1. The lowest BCUT2D eigenvalue weighted by molar-refractivity contribution is -0.384. The summed E-state index contributed by atoms with van der Waals surface area (Å²) in [6.07, 6.45) is 0. The predicted octanol–water partition coefficient (Wildman–Crippen LogP) is 5.52. The number of rotatable bonds is 4. The topological polar surface area (TPSA) is 101 Å². The molecule has 1 unspecified atom stereocenters. The van der Waals surface area contributed by atoms with Gasteiger partial charge in [-0.05, 0) is 40.8 Å². The molecule has 34 heavy (non-hydrogen) atoms. The minimum Gasteiger partial charge on any atom is -0.507 e. The molecule has 4 rings (SSSR count). The van der Waals surface area contributed by atoms with Crippen LogP contribution < -0.4 is 4.90 Å². The second-order valence-corrected chi connectivity index (χ2v) is 9.18. The van der Waals surface area contributed by atoms with E-state index < -0.39 is 22.7 Å². The lowest BCUT2D eigenvalue weighted by atomic mass is 9.87. The Labute approximate surface area is 197 Å². The molecule has 7 nitrogen and oxygen atoms in total. The molecule has 1 heterocycles. The molecule has 0 saturated carbocycles. The molecule has 1 fully saturated rings. The van der Waals surface area contributed by atoms with Gasteiger partial charge >= 0.3 is 0 Å². The first-order valence-corrected chi connectivity index (χ1v) is 10.8. The molecule has 0 aromatic heterocycles. The van der Waals surface area contributed by atoms with E-state index in [1.165, 1.54) is 29.2 Å². The van der Waals surface area contributed by atoms with Gasteiger partial charge < -0.3 is 5.11 Å². The first-order chi connectivity index (χ1) is 16.1. The van der Waals surface area contributed by atoms with Gasteiger partial charge in [-0.2, -0.15) is 0 Å². The molecule has 3 aromatic carbocycles. The largest absolute Gasteiger partial charge is 0.507 e. The molecule has 1 amide bonds. The van der Waals surface area contributed by atoms with Crippen molar-refractivity contribution in [3.8, 4) is 0 Å². The summed E-state index contributed by atoms with van der Waals surface area (Å²) in [6, 6.07) is 20.8. The highest BCUT2D eigenvalue weighted by Gasteiger charge is 2.47. The molecule has 1 saturated heterocycles. The van der Waals surface area contributed by atoms with Crippen molar-refractivity contribution in [3.05, 3.63) is 111 Å². The molecular weight excluding hydrogens is 432 g/mol. The van der Waals surface area contributed by atoms with Gasteiger partial charge in [0.25, 0.3) is 17.4 Å². The Kier molecular flexibility index (Phi) is 5.79. The number of nitro benzene ring substituents is 1. The first kappa shape index (κ1) is 22.9. The van der Waals surface area contributed by atoms with Crippen LogP contribution in [-0.4, -0.2) is 21.7 Å². The van der Waals surface area contributed by atoms with Crippen LogP contribution in [0.25, 0.3) is 5.76 Å².